The van der Waals surface area contributed by atoms with Crippen LogP contribution in [-0.4, -0.2) is 12.6 Å². The molecule has 2 rings (SSSR count). The van der Waals surface area contributed by atoms with Crippen molar-refractivity contribution in [2.24, 2.45) is 11.3 Å². The smallest absolute Gasteiger partial charge is 0.0156 e. The summed E-state index contributed by atoms with van der Waals surface area (Å²) in [5.74, 6) is 1.42. The summed E-state index contributed by atoms with van der Waals surface area (Å²) in [6.45, 7) is 12.6. The van der Waals surface area contributed by atoms with E-state index in [1.807, 2.05) is 0 Å². The molecule has 0 amide bonds. The van der Waals surface area contributed by atoms with Crippen LogP contribution in [0.2, 0.25) is 0 Å². The van der Waals surface area contributed by atoms with Gasteiger partial charge in [0, 0.05) is 6.04 Å². The first-order valence-electron chi connectivity index (χ1n) is 6.78. The lowest BCUT2D eigenvalue weighted by molar-refractivity contribution is 0.00144. The van der Waals surface area contributed by atoms with Gasteiger partial charge in [0.25, 0.3) is 0 Å². The summed E-state index contributed by atoms with van der Waals surface area (Å²) >= 11 is 0. The van der Waals surface area contributed by atoms with Crippen molar-refractivity contribution in [1.29, 1.82) is 0 Å². The maximum atomic E-state index is 3.63. The van der Waals surface area contributed by atoms with Crippen LogP contribution in [0, 0.1) is 18.3 Å². The number of benzene rings is 1. The normalized spacial score (nSPS) is 31.0. The van der Waals surface area contributed by atoms with Gasteiger partial charge in [-0.1, -0.05) is 57.5 Å². The van der Waals surface area contributed by atoms with E-state index in [-0.39, 0.29) is 0 Å². The summed E-state index contributed by atoms with van der Waals surface area (Å²) in [5, 5.41) is 3.63. The fourth-order valence-corrected chi connectivity index (χ4v) is 3.80. The Bertz CT molecular complexity index is 377. The molecule has 1 nitrogen and oxygen atoms in total. The van der Waals surface area contributed by atoms with Crippen LogP contribution in [0.25, 0.3) is 0 Å². The van der Waals surface area contributed by atoms with Gasteiger partial charge in [-0.15, -0.1) is 0 Å². The second-order valence-corrected chi connectivity index (χ2v) is 6.10. The van der Waals surface area contributed by atoms with E-state index in [9.17, 15) is 0 Å². The largest absolute Gasteiger partial charge is 0.313 e. The zero-order valence-electron chi connectivity index (χ0n) is 11.7. The highest BCUT2D eigenvalue weighted by Crippen LogP contribution is 2.56. The molecule has 0 radical (unpaired) electrons. The molecule has 3 atom stereocenters. The lowest BCUT2D eigenvalue weighted by Gasteiger charge is -2.58. The fourth-order valence-electron chi connectivity index (χ4n) is 3.80. The molecule has 0 aromatic heterocycles. The Labute approximate surface area is 106 Å². The van der Waals surface area contributed by atoms with Crippen molar-refractivity contribution in [1.82, 2.24) is 5.32 Å². The van der Waals surface area contributed by atoms with Crippen molar-refractivity contribution in [2.45, 2.75) is 46.6 Å². The average Bonchev–Trinajstić information content (AvgIpc) is 2.28. The first-order valence-corrected chi connectivity index (χ1v) is 6.78. The van der Waals surface area contributed by atoms with Crippen LogP contribution in [0.1, 0.15) is 44.7 Å². The van der Waals surface area contributed by atoms with Gasteiger partial charge in [-0.3, -0.25) is 0 Å². The second-order valence-electron chi connectivity index (χ2n) is 6.10. The Morgan fingerprint density at radius 1 is 1.18 bits per heavy atom. The molecule has 3 unspecified atom stereocenters. The lowest BCUT2D eigenvalue weighted by atomic mass is 9.50. The first kappa shape index (κ1) is 12.6. The van der Waals surface area contributed by atoms with Gasteiger partial charge in [0.15, 0.2) is 0 Å². The van der Waals surface area contributed by atoms with Crippen LogP contribution < -0.4 is 5.32 Å². The Balaban J connectivity index is 2.21. The molecule has 1 fully saturated rings. The lowest BCUT2D eigenvalue weighted by Crippen LogP contribution is -2.61. The summed E-state index contributed by atoms with van der Waals surface area (Å²) in [4.78, 5) is 0. The molecule has 0 spiro atoms. The van der Waals surface area contributed by atoms with Crippen LogP contribution in [-0.2, 0) is 0 Å². The molecular weight excluding hydrogens is 206 g/mol. The molecule has 94 valence electrons. The van der Waals surface area contributed by atoms with Crippen LogP contribution in [0.4, 0.5) is 0 Å². The molecule has 1 N–H and O–H groups in total. The predicted molar refractivity (Wildman–Crippen MR) is 74.3 cm³/mol. The molecule has 1 aliphatic rings. The zero-order chi connectivity index (χ0) is 12.6. The molecule has 0 aliphatic heterocycles. The van der Waals surface area contributed by atoms with Crippen molar-refractivity contribution in [2.75, 3.05) is 6.54 Å². The van der Waals surface area contributed by atoms with Gasteiger partial charge in [0.05, 0.1) is 0 Å². The molecule has 1 aliphatic carbocycles. The highest BCUT2D eigenvalue weighted by Gasteiger charge is 2.53. The van der Waals surface area contributed by atoms with E-state index < -0.39 is 0 Å². The highest BCUT2D eigenvalue weighted by molar-refractivity contribution is 5.31. The third kappa shape index (κ3) is 2.01. The van der Waals surface area contributed by atoms with Gasteiger partial charge >= 0.3 is 0 Å². The molecule has 1 aromatic rings. The van der Waals surface area contributed by atoms with Crippen LogP contribution >= 0.6 is 0 Å². The first-order chi connectivity index (χ1) is 7.98. The number of hydrogen-bond donors (Lipinski definition) is 1. The summed E-state index contributed by atoms with van der Waals surface area (Å²) in [6.07, 6.45) is 0. The molecule has 1 aromatic carbocycles. The van der Waals surface area contributed by atoms with Crippen molar-refractivity contribution in [3.05, 3.63) is 35.4 Å². The zero-order valence-corrected chi connectivity index (χ0v) is 11.7. The Morgan fingerprint density at radius 3 is 2.24 bits per heavy atom. The number of nitrogens with one attached hydrogen (secondary N) is 1. The molecular formula is C16H25N. The van der Waals surface area contributed by atoms with Crippen molar-refractivity contribution >= 4 is 0 Å². The number of aryl methyl sites for hydroxylation is 1. The quantitative estimate of drug-likeness (QED) is 0.835. The van der Waals surface area contributed by atoms with E-state index in [0.717, 1.165) is 12.5 Å². The Morgan fingerprint density at radius 2 is 1.76 bits per heavy atom. The minimum absolute atomic E-state index is 0.366. The van der Waals surface area contributed by atoms with Crippen LogP contribution in [0.5, 0.6) is 0 Å². The van der Waals surface area contributed by atoms with E-state index in [4.69, 9.17) is 0 Å². The predicted octanol–water partition coefficient (Wildman–Crippen LogP) is 3.73. The topological polar surface area (TPSA) is 12.0 Å². The summed E-state index contributed by atoms with van der Waals surface area (Å²) in [6, 6.07) is 9.73. The maximum Gasteiger partial charge on any atom is 0.0156 e. The molecule has 0 heterocycles. The minimum atomic E-state index is 0.366. The molecule has 0 bridgehead atoms. The fraction of sp³-hybridized carbons (Fsp3) is 0.625. The third-order valence-corrected chi connectivity index (χ3v) is 4.52. The Kier molecular flexibility index (Phi) is 3.31. The number of hydrogen-bond acceptors (Lipinski definition) is 1. The highest BCUT2D eigenvalue weighted by atomic mass is 15.0. The average molecular weight is 231 g/mol. The summed E-state index contributed by atoms with van der Waals surface area (Å²) in [5.41, 5.74) is 3.22. The van der Waals surface area contributed by atoms with E-state index >= 15 is 0 Å². The van der Waals surface area contributed by atoms with Gasteiger partial charge in [0.2, 0.25) is 0 Å². The van der Waals surface area contributed by atoms with Crippen LogP contribution in [0.3, 0.4) is 0 Å². The Hall–Kier alpha value is -0.820. The van der Waals surface area contributed by atoms with E-state index in [0.29, 0.717) is 17.4 Å². The van der Waals surface area contributed by atoms with Gasteiger partial charge in [-0.05, 0) is 36.3 Å². The van der Waals surface area contributed by atoms with Gasteiger partial charge in [-0.25, -0.2) is 0 Å². The summed E-state index contributed by atoms with van der Waals surface area (Å²) < 4.78 is 0. The van der Waals surface area contributed by atoms with Crippen molar-refractivity contribution in [3.8, 4) is 0 Å². The third-order valence-electron chi connectivity index (χ3n) is 4.52. The second kappa shape index (κ2) is 4.45. The monoisotopic (exact) mass is 231 g/mol. The van der Waals surface area contributed by atoms with E-state index in [2.05, 4.69) is 64.2 Å². The van der Waals surface area contributed by atoms with Gasteiger partial charge < -0.3 is 5.32 Å². The SMILES string of the molecule is CCNC1C(C)C(c2ccc(C)cc2)C1(C)C. The summed E-state index contributed by atoms with van der Waals surface area (Å²) in [7, 11) is 0. The van der Waals surface area contributed by atoms with E-state index in [1.165, 1.54) is 11.1 Å². The standard InChI is InChI=1S/C16H25N/c1-6-17-15-12(3)14(16(15,4)5)13-9-7-11(2)8-10-13/h7-10,12,14-15,17H,6H2,1-5H3. The maximum absolute atomic E-state index is 3.63. The van der Waals surface area contributed by atoms with E-state index in [1.54, 1.807) is 0 Å². The molecule has 17 heavy (non-hydrogen) atoms. The minimum Gasteiger partial charge on any atom is -0.313 e. The van der Waals surface area contributed by atoms with Crippen molar-refractivity contribution in [3.63, 3.8) is 0 Å². The van der Waals surface area contributed by atoms with Gasteiger partial charge in [0.1, 0.15) is 0 Å². The molecule has 0 saturated heterocycles. The van der Waals surface area contributed by atoms with Gasteiger partial charge in [-0.2, -0.15) is 0 Å². The number of rotatable bonds is 3. The molecule has 1 heteroatoms. The van der Waals surface area contributed by atoms with Crippen LogP contribution in [0.15, 0.2) is 24.3 Å². The molecule has 1 saturated carbocycles. The van der Waals surface area contributed by atoms with Crippen molar-refractivity contribution < 1.29 is 0 Å².